The standard InChI is InChI=1S/C21H23N3O4S/c1-12-3-2-8-24(10-12)20(26)14-5-7-17-18(14)22-21(29-17)23-19(25)13-4-6-15-16(9-13)28-11-27-15/h4,6,9,12,14H,2-3,5,7-8,10-11H2,1H3,(H,22,23,25)/t12-,14-/m0/s1. The highest BCUT2D eigenvalue weighted by atomic mass is 32.1. The Labute approximate surface area is 173 Å². The molecule has 3 aliphatic rings. The Morgan fingerprint density at radius 2 is 2.10 bits per heavy atom. The van der Waals surface area contributed by atoms with Crippen molar-refractivity contribution in [3.63, 3.8) is 0 Å². The van der Waals surface area contributed by atoms with Gasteiger partial charge in [0.15, 0.2) is 16.6 Å². The second-order valence-corrected chi connectivity index (χ2v) is 9.06. The molecule has 2 atom stereocenters. The smallest absolute Gasteiger partial charge is 0.257 e. The molecule has 1 N–H and O–H groups in total. The molecule has 1 aromatic heterocycles. The van der Waals surface area contributed by atoms with Crippen LogP contribution in [0.5, 0.6) is 11.5 Å². The molecule has 0 spiro atoms. The summed E-state index contributed by atoms with van der Waals surface area (Å²) in [6.45, 7) is 4.05. The zero-order chi connectivity index (χ0) is 20.0. The maximum Gasteiger partial charge on any atom is 0.257 e. The number of fused-ring (bicyclic) bond motifs is 2. The summed E-state index contributed by atoms with van der Waals surface area (Å²) in [4.78, 5) is 33.4. The molecule has 3 heterocycles. The average Bonchev–Trinajstić information content (AvgIpc) is 3.42. The van der Waals surface area contributed by atoms with Crippen molar-refractivity contribution in [2.45, 2.75) is 38.5 Å². The van der Waals surface area contributed by atoms with E-state index in [1.165, 1.54) is 17.8 Å². The van der Waals surface area contributed by atoms with Crippen molar-refractivity contribution >= 4 is 28.3 Å². The summed E-state index contributed by atoms with van der Waals surface area (Å²) < 4.78 is 10.6. The molecule has 8 heteroatoms. The molecular formula is C21H23N3O4S. The van der Waals surface area contributed by atoms with Crippen LogP contribution in [0.2, 0.25) is 0 Å². The van der Waals surface area contributed by atoms with Crippen molar-refractivity contribution in [3.05, 3.63) is 34.3 Å². The maximum absolute atomic E-state index is 13.0. The summed E-state index contributed by atoms with van der Waals surface area (Å²) in [6.07, 6.45) is 3.91. The minimum atomic E-state index is -0.247. The van der Waals surface area contributed by atoms with Gasteiger partial charge in [0.1, 0.15) is 0 Å². The number of hydrogen-bond donors (Lipinski definition) is 1. The van der Waals surface area contributed by atoms with Crippen LogP contribution in [-0.4, -0.2) is 41.6 Å². The molecule has 5 rings (SSSR count). The number of carbonyl (C=O) groups excluding carboxylic acids is 2. The van der Waals surface area contributed by atoms with E-state index in [2.05, 4.69) is 17.2 Å². The predicted molar refractivity (Wildman–Crippen MR) is 109 cm³/mol. The highest BCUT2D eigenvalue weighted by Crippen LogP contribution is 2.40. The summed E-state index contributed by atoms with van der Waals surface area (Å²) in [7, 11) is 0. The summed E-state index contributed by atoms with van der Waals surface area (Å²) in [6, 6.07) is 5.10. The molecule has 1 aliphatic carbocycles. The SMILES string of the molecule is C[C@H]1CCCN(C(=O)[C@H]2CCc3sc(NC(=O)c4ccc5c(c4)OCO5)nc32)C1. The highest BCUT2D eigenvalue weighted by Gasteiger charge is 2.36. The van der Waals surface area contributed by atoms with E-state index in [4.69, 9.17) is 9.47 Å². The second kappa shape index (κ2) is 7.33. The summed E-state index contributed by atoms with van der Waals surface area (Å²) in [5.74, 6) is 1.53. The molecule has 1 fully saturated rings. The third-order valence-corrected chi connectivity index (χ3v) is 6.89. The topological polar surface area (TPSA) is 80.8 Å². The van der Waals surface area contributed by atoms with Gasteiger partial charge in [-0.1, -0.05) is 6.92 Å². The van der Waals surface area contributed by atoms with Gasteiger partial charge in [-0.05, 0) is 49.8 Å². The van der Waals surface area contributed by atoms with Crippen LogP contribution in [-0.2, 0) is 11.2 Å². The number of piperidine rings is 1. The predicted octanol–water partition coefficient (Wildman–Crippen LogP) is 3.41. The number of amides is 2. The fourth-order valence-electron chi connectivity index (χ4n) is 4.34. The minimum absolute atomic E-state index is 0.171. The largest absolute Gasteiger partial charge is 0.454 e. The van der Waals surface area contributed by atoms with Gasteiger partial charge in [0, 0.05) is 23.5 Å². The number of carbonyl (C=O) groups is 2. The van der Waals surface area contributed by atoms with E-state index in [0.717, 1.165) is 42.9 Å². The third-order valence-electron chi connectivity index (χ3n) is 5.84. The van der Waals surface area contributed by atoms with Crippen LogP contribution >= 0.6 is 11.3 Å². The molecule has 0 unspecified atom stereocenters. The Balaban J connectivity index is 1.30. The van der Waals surface area contributed by atoms with Crippen LogP contribution in [0.1, 0.15) is 53.0 Å². The Hall–Kier alpha value is -2.61. The van der Waals surface area contributed by atoms with Crippen LogP contribution in [0.3, 0.4) is 0 Å². The van der Waals surface area contributed by atoms with Crippen LogP contribution in [0.4, 0.5) is 5.13 Å². The van der Waals surface area contributed by atoms with Gasteiger partial charge in [-0.15, -0.1) is 11.3 Å². The molecule has 2 amide bonds. The Bertz CT molecular complexity index is 973. The number of hydrogen-bond acceptors (Lipinski definition) is 6. The van der Waals surface area contributed by atoms with Crippen LogP contribution in [0, 0.1) is 5.92 Å². The number of aromatic nitrogens is 1. The molecule has 0 saturated carbocycles. The fourth-order valence-corrected chi connectivity index (χ4v) is 5.37. The third kappa shape index (κ3) is 3.46. The Morgan fingerprint density at radius 3 is 2.97 bits per heavy atom. The lowest BCUT2D eigenvalue weighted by Crippen LogP contribution is -2.41. The number of nitrogens with zero attached hydrogens (tertiary/aromatic N) is 2. The Morgan fingerprint density at radius 1 is 1.24 bits per heavy atom. The summed E-state index contributed by atoms with van der Waals surface area (Å²) in [5.41, 5.74) is 1.33. The number of ether oxygens (including phenoxy) is 2. The van der Waals surface area contributed by atoms with E-state index < -0.39 is 0 Å². The normalized spacial score (nSPS) is 22.4. The zero-order valence-electron chi connectivity index (χ0n) is 16.3. The van der Waals surface area contributed by atoms with Crippen LogP contribution in [0.25, 0.3) is 0 Å². The number of anilines is 1. The van der Waals surface area contributed by atoms with E-state index in [0.29, 0.717) is 28.1 Å². The summed E-state index contributed by atoms with van der Waals surface area (Å²) in [5, 5.41) is 3.42. The number of thiazole rings is 1. The van der Waals surface area contributed by atoms with Crippen LogP contribution < -0.4 is 14.8 Å². The van der Waals surface area contributed by atoms with Gasteiger partial charge in [0.05, 0.1) is 11.6 Å². The molecule has 1 saturated heterocycles. The van der Waals surface area contributed by atoms with Crippen molar-refractivity contribution in [2.24, 2.45) is 5.92 Å². The average molecular weight is 413 g/mol. The first-order valence-corrected chi connectivity index (χ1v) is 10.9. The van der Waals surface area contributed by atoms with Crippen LogP contribution in [0.15, 0.2) is 18.2 Å². The highest BCUT2D eigenvalue weighted by molar-refractivity contribution is 7.16. The van der Waals surface area contributed by atoms with Gasteiger partial charge >= 0.3 is 0 Å². The first-order valence-electron chi connectivity index (χ1n) is 10.1. The summed E-state index contributed by atoms with van der Waals surface area (Å²) >= 11 is 1.47. The van der Waals surface area contributed by atoms with Crippen molar-refractivity contribution in [1.82, 2.24) is 9.88 Å². The van der Waals surface area contributed by atoms with E-state index in [-0.39, 0.29) is 24.5 Å². The molecular weight excluding hydrogens is 390 g/mol. The molecule has 0 bridgehead atoms. The monoisotopic (exact) mass is 413 g/mol. The molecule has 152 valence electrons. The molecule has 2 aromatic rings. The van der Waals surface area contributed by atoms with E-state index >= 15 is 0 Å². The van der Waals surface area contributed by atoms with E-state index in [1.807, 2.05) is 4.90 Å². The lowest BCUT2D eigenvalue weighted by Gasteiger charge is -2.32. The van der Waals surface area contributed by atoms with Gasteiger partial charge in [0.25, 0.3) is 5.91 Å². The van der Waals surface area contributed by atoms with Gasteiger partial charge in [-0.25, -0.2) is 4.98 Å². The lowest BCUT2D eigenvalue weighted by atomic mass is 9.97. The van der Waals surface area contributed by atoms with Crippen molar-refractivity contribution < 1.29 is 19.1 Å². The Kier molecular flexibility index (Phi) is 4.66. The van der Waals surface area contributed by atoms with Gasteiger partial charge in [-0.3, -0.25) is 14.9 Å². The quantitative estimate of drug-likeness (QED) is 0.834. The van der Waals surface area contributed by atoms with Gasteiger partial charge < -0.3 is 14.4 Å². The first-order chi connectivity index (χ1) is 14.1. The number of rotatable bonds is 3. The zero-order valence-corrected chi connectivity index (χ0v) is 17.1. The van der Waals surface area contributed by atoms with E-state index in [1.54, 1.807) is 18.2 Å². The van der Waals surface area contributed by atoms with Crippen molar-refractivity contribution in [1.29, 1.82) is 0 Å². The molecule has 7 nitrogen and oxygen atoms in total. The fraction of sp³-hybridized carbons (Fsp3) is 0.476. The number of likely N-dealkylation sites (tertiary alicyclic amines) is 1. The molecule has 2 aliphatic heterocycles. The molecule has 1 aromatic carbocycles. The first kappa shape index (κ1) is 18.4. The van der Waals surface area contributed by atoms with Gasteiger partial charge in [0.2, 0.25) is 12.7 Å². The number of aryl methyl sites for hydroxylation is 1. The molecule has 29 heavy (non-hydrogen) atoms. The van der Waals surface area contributed by atoms with Gasteiger partial charge in [-0.2, -0.15) is 0 Å². The number of benzene rings is 1. The van der Waals surface area contributed by atoms with E-state index in [9.17, 15) is 9.59 Å². The van der Waals surface area contributed by atoms with Crippen molar-refractivity contribution in [2.75, 3.05) is 25.2 Å². The second-order valence-electron chi connectivity index (χ2n) is 7.97. The van der Waals surface area contributed by atoms with Crippen molar-refractivity contribution in [3.8, 4) is 11.5 Å². The minimum Gasteiger partial charge on any atom is -0.454 e. The maximum atomic E-state index is 13.0. The lowest BCUT2D eigenvalue weighted by molar-refractivity contribution is -0.134. The number of nitrogens with one attached hydrogen (secondary N) is 1. The molecule has 0 radical (unpaired) electrons.